The summed E-state index contributed by atoms with van der Waals surface area (Å²) in [4.78, 5) is 1.20. The van der Waals surface area contributed by atoms with Gasteiger partial charge in [0.2, 0.25) is 0 Å². The lowest BCUT2D eigenvalue weighted by atomic mass is 10.0. The number of likely N-dealkylation sites (N-methyl/N-ethyl adjacent to an activating group) is 1. The second kappa shape index (κ2) is 5.83. The van der Waals surface area contributed by atoms with Crippen LogP contribution in [0.5, 0.6) is 0 Å². The van der Waals surface area contributed by atoms with E-state index in [4.69, 9.17) is 11.6 Å². The normalized spacial score (nSPS) is 12.7. The van der Waals surface area contributed by atoms with Crippen molar-refractivity contribution in [2.45, 2.75) is 19.4 Å². The van der Waals surface area contributed by atoms with Gasteiger partial charge in [-0.3, -0.25) is 0 Å². The van der Waals surface area contributed by atoms with Gasteiger partial charge in [0.1, 0.15) is 5.82 Å². The molecule has 1 aromatic carbocycles. The van der Waals surface area contributed by atoms with Crippen molar-refractivity contribution in [1.29, 1.82) is 0 Å². The Morgan fingerprint density at radius 3 is 2.67 bits per heavy atom. The van der Waals surface area contributed by atoms with Crippen LogP contribution in [0.2, 0.25) is 4.34 Å². The lowest BCUT2D eigenvalue weighted by Crippen LogP contribution is -2.18. The predicted octanol–water partition coefficient (Wildman–Crippen LogP) is 4.35. The van der Waals surface area contributed by atoms with Crippen LogP contribution in [0, 0.1) is 12.7 Å². The monoisotopic (exact) mass is 283 g/mol. The van der Waals surface area contributed by atoms with Gasteiger partial charge in [-0.2, -0.15) is 0 Å². The quantitative estimate of drug-likeness (QED) is 0.879. The van der Waals surface area contributed by atoms with Crippen molar-refractivity contribution in [3.63, 3.8) is 0 Å². The minimum absolute atomic E-state index is 0.184. The molecule has 1 N–H and O–H groups in total. The Morgan fingerprint density at radius 2 is 2.11 bits per heavy atom. The number of aryl methyl sites for hydroxylation is 1. The summed E-state index contributed by atoms with van der Waals surface area (Å²) >= 11 is 7.54. The van der Waals surface area contributed by atoms with Crippen LogP contribution in [0.3, 0.4) is 0 Å². The topological polar surface area (TPSA) is 12.0 Å². The third kappa shape index (κ3) is 3.10. The summed E-state index contributed by atoms with van der Waals surface area (Å²) in [5.41, 5.74) is 2.14. The molecule has 0 spiro atoms. The number of benzene rings is 1. The molecule has 0 saturated heterocycles. The van der Waals surface area contributed by atoms with Crippen molar-refractivity contribution in [3.8, 4) is 0 Å². The summed E-state index contributed by atoms with van der Waals surface area (Å²) in [5.74, 6) is -0.184. The van der Waals surface area contributed by atoms with Gasteiger partial charge in [-0.15, -0.1) is 11.3 Å². The van der Waals surface area contributed by atoms with E-state index in [1.807, 2.05) is 32.2 Å². The third-order valence-corrected chi connectivity index (χ3v) is 4.36. The molecule has 96 valence electrons. The molecule has 0 radical (unpaired) electrons. The van der Waals surface area contributed by atoms with Crippen molar-refractivity contribution in [1.82, 2.24) is 5.32 Å². The molecule has 0 bridgehead atoms. The van der Waals surface area contributed by atoms with Crippen LogP contribution >= 0.6 is 22.9 Å². The third-order valence-electron chi connectivity index (χ3n) is 3.01. The summed E-state index contributed by atoms with van der Waals surface area (Å²) in [7, 11) is 1.93. The zero-order chi connectivity index (χ0) is 13.1. The van der Waals surface area contributed by atoms with Gasteiger partial charge in [-0.25, -0.2) is 4.39 Å². The fourth-order valence-corrected chi connectivity index (χ4v) is 3.14. The van der Waals surface area contributed by atoms with Crippen molar-refractivity contribution in [2.24, 2.45) is 0 Å². The van der Waals surface area contributed by atoms with E-state index in [2.05, 4.69) is 5.32 Å². The van der Waals surface area contributed by atoms with Gasteiger partial charge in [0.05, 0.1) is 4.34 Å². The predicted molar refractivity (Wildman–Crippen MR) is 76.0 cm³/mol. The van der Waals surface area contributed by atoms with Gasteiger partial charge in [-0.05, 0) is 55.8 Å². The Hall–Kier alpha value is -0.900. The molecular formula is C14H15ClFNS. The molecule has 1 nitrogen and oxygen atoms in total. The van der Waals surface area contributed by atoms with Crippen molar-refractivity contribution < 1.29 is 4.39 Å². The van der Waals surface area contributed by atoms with Gasteiger partial charge < -0.3 is 5.32 Å². The highest BCUT2D eigenvalue weighted by atomic mass is 35.5. The molecule has 0 fully saturated rings. The molecule has 2 aromatic rings. The molecule has 4 heteroatoms. The Kier molecular flexibility index (Phi) is 4.38. The number of nitrogens with one attached hydrogen (secondary N) is 1. The minimum atomic E-state index is -0.184. The molecule has 0 aliphatic rings. The van der Waals surface area contributed by atoms with Crippen LogP contribution in [0.15, 0.2) is 30.3 Å². The first kappa shape index (κ1) is 13.5. The molecular weight excluding hydrogens is 269 g/mol. The van der Waals surface area contributed by atoms with Gasteiger partial charge >= 0.3 is 0 Å². The number of rotatable bonds is 4. The van der Waals surface area contributed by atoms with E-state index in [1.54, 1.807) is 17.4 Å². The smallest absolute Gasteiger partial charge is 0.123 e. The van der Waals surface area contributed by atoms with Crippen molar-refractivity contribution in [2.75, 3.05) is 7.05 Å². The fraction of sp³-hybridized carbons (Fsp3) is 0.286. The van der Waals surface area contributed by atoms with E-state index >= 15 is 0 Å². The SMILES string of the molecule is CNC(Cc1ccc(F)cc1C)c1ccc(Cl)s1. The van der Waals surface area contributed by atoms with E-state index in [1.165, 1.54) is 10.9 Å². The number of thiophene rings is 1. The standard InChI is InChI=1S/C14H15ClFNS/c1-9-7-11(16)4-3-10(9)8-12(17-2)13-5-6-14(15)18-13/h3-7,12,17H,8H2,1-2H3. The van der Waals surface area contributed by atoms with E-state index in [0.29, 0.717) is 0 Å². The number of halogens is 2. The average Bonchev–Trinajstić information content (AvgIpc) is 2.75. The van der Waals surface area contributed by atoms with Crippen LogP contribution in [0.25, 0.3) is 0 Å². The van der Waals surface area contributed by atoms with Crippen LogP contribution < -0.4 is 5.32 Å². The van der Waals surface area contributed by atoms with Gasteiger partial charge in [0.15, 0.2) is 0 Å². The molecule has 1 unspecified atom stereocenters. The highest BCUT2D eigenvalue weighted by Crippen LogP contribution is 2.29. The number of hydrogen-bond acceptors (Lipinski definition) is 2. The minimum Gasteiger partial charge on any atom is -0.312 e. The molecule has 0 aliphatic heterocycles. The Labute approximate surface area is 116 Å². The molecule has 18 heavy (non-hydrogen) atoms. The summed E-state index contributed by atoms with van der Waals surface area (Å²) in [6, 6.07) is 9.09. The molecule has 1 heterocycles. The van der Waals surface area contributed by atoms with Crippen LogP contribution in [-0.4, -0.2) is 7.05 Å². The van der Waals surface area contributed by atoms with E-state index in [-0.39, 0.29) is 11.9 Å². The number of hydrogen-bond donors (Lipinski definition) is 1. The highest BCUT2D eigenvalue weighted by Gasteiger charge is 2.13. The summed E-state index contributed by atoms with van der Waals surface area (Å²) in [6.45, 7) is 1.94. The molecule has 2 rings (SSSR count). The van der Waals surface area contributed by atoms with Gasteiger partial charge in [0, 0.05) is 10.9 Å². The van der Waals surface area contributed by atoms with Gasteiger partial charge in [-0.1, -0.05) is 17.7 Å². The lowest BCUT2D eigenvalue weighted by Gasteiger charge is -2.16. The summed E-state index contributed by atoms with van der Waals surface area (Å²) < 4.78 is 13.9. The highest BCUT2D eigenvalue weighted by molar-refractivity contribution is 7.16. The second-order valence-electron chi connectivity index (χ2n) is 4.26. The maximum Gasteiger partial charge on any atom is 0.123 e. The molecule has 1 atom stereocenters. The van der Waals surface area contributed by atoms with Crippen LogP contribution in [-0.2, 0) is 6.42 Å². The van der Waals surface area contributed by atoms with E-state index < -0.39 is 0 Å². The molecule has 0 amide bonds. The first-order chi connectivity index (χ1) is 8.60. The maximum atomic E-state index is 13.1. The summed E-state index contributed by atoms with van der Waals surface area (Å²) in [5, 5.41) is 3.28. The van der Waals surface area contributed by atoms with Gasteiger partial charge in [0.25, 0.3) is 0 Å². The first-order valence-corrected chi connectivity index (χ1v) is 6.97. The van der Waals surface area contributed by atoms with Crippen molar-refractivity contribution in [3.05, 3.63) is 56.5 Å². The Morgan fingerprint density at radius 1 is 1.33 bits per heavy atom. The van der Waals surface area contributed by atoms with Crippen LogP contribution in [0.1, 0.15) is 22.0 Å². The van der Waals surface area contributed by atoms with Crippen molar-refractivity contribution >= 4 is 22.9 Å². The average molecular weight is 284 g/mol. The molecule has 0 aliphatic carbocycles. The zero-order valence-electron chi connectivity index (χ0n) is 10.3. The maximum absolute atomic E-state index is 13.1. The zero-order valence-corrected chi connectivity index (χ0v) is 11.9. The first-order valence-electron chi connectivity index (χ1n) is 5.77. The lowest BCUT2D eigenvalue weighted by molar-refractivity contribution is 0.595. The van der Waals surface area contributed by atoms with Crippen LogP contribution in [0.4, 0.5) is 4.39 Å². The molecule has 1 aromatic heterocycles. The fourth-order valence-electron chi connectivity index (χ4n) is 1.97. The summed E-state index contributed by atoms with van der Waals surface area (Å²) in [6.07, 6.45) is 0.833. The largest absolute Gasteiger partial charge is 0.312 e. The van der Waals surface area contributed by atoms with E-state index in [0.717, 1.165) is 21.9 Å². The second-order valence-corrected chi connectivity index (χ2v) is 6.00. The molecule has 0 saturated carbocycles. The Bertz CT molecular complexity index is 538. The Balaban J connectivity index is 2.20. The van der Waals surface area contributed by atoms with E-state index in [9.17, 15) is 4.39 Å².